The third kappa shape index (κ3) is 26.9. The Labute approximate surface area is 172 Å². The quantitative estimate of drug-likeness (QED) is 0.207. The van der Waals surface area contributed by atoms with Crippen LogP contribution in [-0.2, 0) is 18.9 Å². The average Bonchev–Trinajstić information content (AvgIpc) is 2.43. The normalized spacial score (nSPS) is 10.0. The predicted molar refractivity (Wildman–Crippen MR) is 66.9 cm³/mol. The van der Waals surface area contributed by atoms with E-state index < -0.39 is 0 Å². The van der Waals surface area contributed by atoms with Gasteiger partial charge in [-0.1, -0.05) is 12.8 Å². The smallest absolute Gasteiger partial charge is 0.854 e. The number of hydrogen-bond acceptors (Lipinski definition) is 6. The SMILES string of the molecule is [Na+].[Na+].[O-]CCCCCOCCOCCOCCOCC[O-]. The fraction of sp³-hybridized carbons (Fsp3) is 1.00. The second-order valence-electron chi connectivity index (χ2n) is 3.92. The van der Waals surface area contributed by atoms with E-state index in [1.807, 2.05) is 0 Å². The Kier molecular flexibility index (Phi) is 35.0. The molecule has 0 heterocycles. The van der Waals surface area contributed by atoms with E-state index in [4.69, 9.17) is 18.9 Å². The maximum atomic E-state index is 10.2. The van der Waals surface area contributed by atoms with Gasteiger partial charge in [0.2, 0.25) is 0 Å². The minimum absolute atomic E-state index is 0. The fourth-order valence-corrected chi connectivity index (χ4v) is 1.30. The van der Waals surface area contributed by atoms with E-state index in [0.717, 1.165) is 19.3 Å². The van der Waals surface area contributed by atoms with Crippen LogP contribution >= 0.6 is 0 Å². The Morgan fingerprint density at radius 1 is 0.429 bits per heavy atom. The molecule has 8 heteroatoms. The number of ether oxygens (including phenoxy) is 4. The number of hydrogen-bond donors (Lipinski definition) is 0. The van der Waals surface area contributed by atoms with Crippen molar-refractivity contribution >= 4 is 0 Å². The van der Waals surface area contributed by atoms with E-state index in [1.54, 1.807) is 0 Å². The molecule has 6 nitrogen and oxygen atoms in total. The molecule has 0 aliphatic rings. The minimum Gasteiger partial charge on any atom is -0.854 e. The molecule has 0 saturated heterocycles. The molecule has 0 aromatic carbocycles. The van der Waals surface area contributed by atoms with Crippen molar-refractivity contribution in [1.82, 2.24) is 0 Å². The summed E-state index contributed by atoms with van der Waals surface area (Å²) in [7, 11) is 0. The van der Waals surface area contributed by atoms with E-state index in [2.05, 4.69) is 0 Å². The molecular formula is C13H26Na2O6. The van der Waals surface area contributed by atoms with Crippen molar-refractivity contribution in [2.45, 2.75) is 19.3 Å². The van der Waals surface area contributed by atoms with Crippen molar-refractivity contribution in [2.24, 2.45) is 0 Å². The van der Waals surface area contributed by atoms with Crippen LogP contribution in [0.15, 0.2) is 0 Å². The van der Waals surface area contributed by atoms with E-state index in [1.165, 1.54) is 0 Å². The van der Waals surface area contributed by atoms with E-state index >= 15 is 0 Å². The standard InChI is InChI=1S/C13H26O6.2Na/c14-4-2-1-3-6-16-8-10-18-12-13-19-11-9-17-7-5-15;;/h1-13H2;;/q-2;2*+1. The van der Waals surface area contributed by atoms with Gasteiger partial charge in [-0.05, 0) is 6.42 Å². The van der Waals surface area contributed by atoms with Gasteiger partial charge in [-0.15, -0.1) is 13.2 Å². The minimum atomic E-state index is -0.208. The Bertz CT molecular complexity index is 150. The molecule has 0 radical (unpaired) electrons. The first-order valence-corrected chi connectivity index (χ1v) is 6.89. The molecule has 0 aliphatic heterocycles. The first kappa shape index (κ1) is 27.6. The van der Waals surface area contributed by atoms with Crippen molar-refractivity contribution in [3.8, 4) is 0 Å². The summed E-state index contributed by atoms with van der Waals surface area (Å²) >= 11 is 0. The maximum Gasteiger partial charge on any atom is 1.00 e. The summed E-state index contributed by atoms with van der Waals surface area (Å²) in [4.78, 5) is 0. The summed E-state index contributed by atoms with van der Waals surface area (Å²) < 4.78 is 20.8. The fourth-order valence-electron chi connectivity index (χ4n) is 1.30. The topological polar surface area (TPSA) is 83.0 Å². The summed E-state index contributed by atoms with van der Waals surface area (Å²) in [6.45, 7) is 3.84. The van der Waals surface area contributed by atoms with E-state index in [0.29, 0.717) is 46.2 Å². The zero-order chi connectivity index (χ0) is 14.0. The molecule has 0 aliphatic carbocycles. The Morgan fingerprint density at radius 2 is 0.857 bits per heavy atom. The van der Waals surface area contributed by atoms with Gasteiger partial charge < -0.3 is 29.2 Å². The molecule has 0 N–H and O–H groups in total. The zero-order valence-electron chi connectivity index (χ0n) is 13.6. The van der Waals surface area contributed by atoms with Crippen LogP contribution in [0.4, 0.5) is 0 Å². The van der Waals surface area contributed by atoms with Gasteiger partial charge in [0.25, 0.3) is 0 Å². The first-order valence-electron chi connectivity index (χ1n) is 6.89. The molecule has 0 aromatic heterocycles. The van der Waals surface area contributed by atoms with Crippen LogP contribution in [-0.4, -0.2) is 66.1 Å². The van der Waals surface area contributed by atoms with E-state index in [-0.39, 0.29) is 78.9 Å². The van der Waals surface area contributed by atoms with Gasteiger partial charge in [0.05, 0.1) is 39.6 Å². The molecule has 0 rings (SSSR count). The Hall–Kier alpha value is 1.76. The van der Waals surface area contributed by atoms with Crippen molar-refractivity contribution in [3.05, 3.63) is 0 Å². The summed E-state index contributed by atoms with van der Waals surface area (Å²) in [6, 6.07) is 0. The molecule has 21 heavy (non-hydrogen) atoms. The van der Waals surface area contributed by atoms with Crippen LogP contribution in [0.3, 0.4) is 0 Å². The molecule has 0 bridgehead atoms. The second-order valence-corrected chi connectivity index (χ2v) is 3.92. The molecule has 0 unspecified atom stereocenters. The van der Waals surface area contributed by atoms with Crippen molar-refractivity contribution in [1.29, 1.82) is 0 Å². The summed E-state index contributed by atoms with van der Waals surface area (Å²) in [6.07, 6.45) is 2.61. The van der Waals surface area contributed by atoms with Crippen molar-refractivity contribution in [3.63, 3.8) is 0 Å². The van der Waals surface area contributed by atoms with Crippen LogP contribution < -0.4 is 69.3 Å². The largest absolute Gasteiger partial charge is 1.00 e. The third-order valence-corrected chi connectivity index (χ3v) is 2.28. The molecule has 0 saturated carbocycles. The van der Waals surface area contributed by atoms with Crippen molar-refractivity contribution < 1.29 is 88.3 Å². The molecule has 0 fully saturated rings. The summed E-state index contributed by atoms with van der Waals surface area (Å²) in [5.41, 5.74) is 0. The molecule has 116 valence electrons. The molecule has 0 amide bonds. The Morgan fingerprint density at radius 3 is 1.29 bits per heavy atom. The van der Waals surface area contributed by atoms with Gasteiger partial charge in [-0.25, -0.2) is 0 Å². The van der Waals surface area contributed by atoms with Crippen LogP contribution in [0.5, 0.6) is 0 Å². The van der Waals surface area contributed by atoms with Crippen LogP contribution in [0.2, 0.25) is 0 Å². The van der Waals surface area contributed by atoms with Gasteiger partial charge in [0.15, 0.2) is 0 Å². The van der Waals surface area contributed by atoms with Gasteiger partial charge in [0, 0.05) is 13.2 Å². The zero-order valence-corrected chi connectivity index (χ0v) is 17.6. The molecule has 0 spiro atoms. The second kappa shape index (κ2) is 26.6. The number of rotatable bonds is 16. The van der Waals surface area contributed by atoms with Crippen LogP contribution in [0, 0.1) is 0 Å². The van der Waals surface area contributed by atoms with Gasteiger partial charge in [-0.2, -0.15) is 0 Å². The molecule has 0 atom stereocenters. The van der Waals surface area contributed by atoms with Crippen LogP contribution in [0.25, 0.3) is 0 Å². The summed E-state index contributed by atoms with van der Waals surface area (Å²) in [5, 5.41) is 20.2. The summed E-state index contributed by atoms with van der Waals surface area (Å²) in [5.74, 6) is 0. The van der Waals surface area contributed by atoms with Gasteiger partial charge >= 0.3 is 59.1 Å². The van der Waals surface area contributed by atoms with E-state index in [9.17, 15) is 10.2 Å². The Balaban J connectivity index is -0.00000162. The monoisotopic (exact) mass is 324 g/mol. The van der Waals surface area contributed by atoms with Gasteiger partial charge in [0.1, 0.15) is 0 Å². The predicted octanol–water partition coefficient (Wildman–Crippen LogP) is -7.05. The molecular weight excluding hydrogens is 298 g/mol. The number of unbranched alkanes of at least 4 members (excludes halogenated alkanes) is 2. The molecule has 0 aromatic rings. The van der Waals surface area contributed by atoms with Crippen molar-refractivity contribution in [2.75, 3.05) is 66.1 Å². The third-order valence-electron chi connectivity index (χ3n) is 2.28. The van der Waals surface area contributed by atoms with Gasteiger partial charge in [-0.3, -0.25) is 0 Å². The average molecular weight is 324 g/mol. The maximum absolute atomic E-state index is 10.2. The first-order chi connectivity index (χ1) is 9.41. The van der Waals surface area contributed by atoms with Crippen LogP contribution in [0.1, 0.15) is 19.3 Å².